The molecule has 2 aromatic rings. The minimum absolute atomic E-state index is 0.304. The van der Waals surface area contributed by atoms with Crippen LogP contribution in [0.5, 0.6) is 0 Å². The maximum atomic E-state index is 11.4. The van der Waals surface area contributed by atoms with Crippen LogP contribution in [0.2, 0.25) is 0 Å². The molecule has 1 N–H and O–H groups in total. The van der Waals surface area contributed by atoms with Crippen LogP contribution < -0.4 is 4.90 Å². The number of carbonyl (C=O) groups is 1. The van der Waals surface area contributed by atoms with Crippen LogP contribution in [0.3, 0.4) is 0 Å². The summed E-state index contributed by atoms with van der Waals surface area (Å²) in [5, 5.41) is 9.38. The van der Waals surface area contributed by atoms with Crippen molar-refractivity contribution in [3.05, 3.63) is 58.1 Å². The van der Waals surface area contributed by atoms with Crippen LogP contribution in [0.15, 0.2) is 46.9 Å². The van der Waals surface area contributed by atoms with Crippen molar-refractivity contribution >= 4 is 33.3 Å². The van der Waals surface area contributed by atoms with Gasteiger partial charge in [0.2, 0.25) is 0 Å². The molecule has 2 aromatic carbocycles. The zero-order valence-electron chi connectivity index (χ0n) is 11.4. The van der Waals surface area contributed by atoms with Crippen LogP contribution in [0, 0.1) is 6.92 Å². The number of halogens is 1. The number of carboxylic acids is 1. The monoisotopic (exact) mass is 333 g/mol. The summed E-state index contributed by atoms with van der Waals surface area (Å²) in [6.45, 7) is 4.73. The number of para-hydroxylation sites is 1. The van der Waals surface area contributed by atoms with Gasteiger partial charge in [-0.05, 0) is 43.7 Å². The minimum atomic E-state index is -0.917. The highest BCUT2D eigenvalue weighted by atomic mass is 79.9. The van der Waals surface area contributed by atoms with Crippen LogP contribution in [-0.4, -0.2) is 17.6 Å². The fourth-order valence-corrected chi connectivity index (χ4v) is 2.59. The Morgan fingerprint density at radius 1 is 1.20 bits per heavy atom. The maximum absolute atomic E-state index is 11.4. The van der Waals surface area contributed by atoms with Gasteiger partial charge in [-0.15, -0.1) is 0 Å². The van der Waals surface area contributed by atoms with Gasteiger partial charge in [-0.3, -0.25) is 0 Å². The second-order valence-electron chi connectivity index (χ2n) is 4.50. The van der Waals surface area contributed by atoms with E-state index in [4.69, 9.17) is 0 Å². The Labute approximate surface area is 127 Å². The molecule has 0 aromatic heterocycles. The normalized spacial score (nSPS) is 10.3. The lowest BCUT2D eigenvalue weighted by Gasteiger charge is -2.26. The Morgan fingerprint density at radius 2 is 1.90 bits per heavy atom. The van der Waals surface area contributed by atoms with Gasteiger partial charge in [-0.1, -0.05) is 34.1 Å². The molecule has 4 heteroatoms. The van der Waals surface area contributed by atoms with E-state index in [1.165, 1.54) is 0 Å². The molecule has 0 fully saturated rings. The van der Waals surface area contributed by atoms with Crippen LogP contribution in [0.4, 0.5) is 11.4 Å². The number of hydrogen-bond donors (Lipinski definition) is 1. The molecule has 0 heterocycles. The molecule has 0 saturated carbocycles. The lowest BCUT2D eigenvalue weighted by molar-refractivity contribution is 0.0697. The van der Waals surface area contributed by atoms with Gasteiger partial charge in [-0.25, -0.2) is 4.79 Å². The first-order valence-electron chi connectivity index (χ1n) is 6.40. The van der Waals surface area contributed by atoms with Crippen molar-refractivity contribution in [1.29, 1.82) is 0 Å². The van der Waals surface area contributed by atoms with E-state index in [1.807, 2.05) is 49.1 Å². The third-order valence-corrected chi connectivity index (χ3v) is 3.70. The number of nitrogens with zero attached hydrogens (tertiary/aromatic N) is 1. The molecule has 0 amide bonds. The van der Waals surface area contributed by atoms with Gasteiger partial charge in [0.25, 0.3) is 0 Å². The Hall–Kier alpha value is -1.81. The van der Waals surface area contributed by atoms with Crippen LogP contribution in [0.25, 0.3) is 0 Å². The number of anilines is 2. The molecule has 0 unspecified atom stereocenters. The third-order valence-electron chi connectivity index (χ3n) is 3.20. The summed E-state index contributed by atoms with van der Waals surface area (Å²) in [7, 11) is 0. The predicted molar refractivity (Wildman–Crippen MR) is 85.0 cm³/mol. The molecule has 0 saturated heterocycles. The summed E-state index contributed by atoms with van der Waals surface area (Å²) in [4.78, 5) is 13.4. The smallest absolute Gasteiger partial charge is 0.337 e. The number of carboxylic acid groups (broad SMARTS) is 1. The van der Waals surface area contributed by atoms with Crippen LogP contribution in [-0.2, 0) is 0 Å². The highest BCUT2D eigenvalue weighted by Crippen LogP contribution is 2.32. The fourth-order valence-electron chi connectivity index (χ4n) is 2.25. The molecular weight excluding hydrogens is 318 g/mol. The van der Waals surface area contributed by atoms with E-state index < -0.39 is 5.97 Å². The highest BCUT2D eigenvalue weighted by molar-refractivity contribution is 9.10. The van der Waals surface area contributed by atoms with Gasteiger partial charge in [-0.2, -0.15) is 0 Å². The fraction of sp³-hybridized carbons (Fsp3) is 0.188. The zero-order chi connectivity index (χ0) is 14.7. The average Bonchev–Trinajstić information content (AvgIpc) is 2.41. The van der Waals surface area contributed by atoms with Gasteiger partial charge < -0.3 is 10.0 Å². The quantitative estimate of drug-likeness (QED) is 0.887. The first kappa shape index (κ1) is 14.6. The number of aromatic carboxylic acids is 1. The number of benzene rings is 2. The summed E-state index contributed by atoms with van der Waals surface area (Å²) < 4.78 is 0.865. The number of rotatable bonds is 4. The van der Waals surface area contributed by atoms with Crippen LogP contribution >= 0.6 is 15.9 Å². The van der Waals surface area contributed by atoms with Crippen molar-refractivity contribution in [2.24, 2.45) is 0 Å². The second-order valence-corrected chi connectivity index (χ2v) is 5.41. The lowest BCUT2D eigenvalue weighted by Crippen LogP contribution is -2.20. The van der Waals surface area contributed by atoms with Gasteiger partial charge in [0, 0.05) is 16.7 Å². The van der Waals surface area contributed by atoms with E-state index in [9.17, 15) is 9.90 Å². The van der Waals surface area contributed by atoms with Gasteiger partial charge >= 0.3 is 5.97 Å². The van der Waals surface area contributed by atoms with Crippen molar-refractivity contribution in [3.8, 4) is 0 Å². The summed E-state index contributed by atoms with van der Waals surface area (Å²) in [6.07, 6.45) is 0. The lowest BCUT2D eigenvalue weighted by atomic mass is 10.1. The summed E-state index contributed by atoms with van der Waals surface area (Å²) >= 11 is 3.41. The average molecular weight is 334 g/mol. The molecule has 20 heavy (non-hydrogen) atoms. The largest absolute Gasteiger partial charge is 0.478 e. The Kier molecular flexibility index (Phi) is 4.45. The molecule has 104 valence electrons. The Morgan fingerprint density at radius 3 is 2.50 bits per heavy atom. The van der Waals surface area contributed by atoms with Crippen molar-refractivity contribution in [3.63, 3.8) is 0 Å². The molecule has 2 rings (SSSR count). The van der Waals surface area contributed by atoms with Crippen LogP contribution in [0.1, 0.15) is 22.8 Å². The number of aryl methyl sites for hydroxylation is 1. The van der Waals surface area contributed by atoms with E-state index in [-0.39, 0.29) is 0 Å². The molecule has 0 aliphatic rings. The maximum Gasteiger partial charge on any atom is 0.337 e. The van der Waals surface area contributed by atoms with Crippen molar-refractivity contribution in [2.75, 3.05) is 11.4 Å². The highest BCUT2D eigenvalue weighted by Gasteiger charge is 2.17. The first-order valence-corrected chi connectivity index (χ1v) is 7.20. The Bertz CT molecular complexity index is 640. The van der Waals surface area contributed by atoms with Crippen molar-refractivity contribution in [1.82, 2.24) is 0 Å². The topological polar surface area (TPSA) is 40.5 Å². The second kappa shape index (κ2) is 6.09. The van der Waals surface area contributed by atoms with E-state index >= 15 is 0 Å². The van der Waals surface area contributed by atoms with E-state index in [1.54, 1.807) is 12.1 Å². The first-order chi connectivity index (χ1) is 9.54. The SMILES string of the molecule is CCN(c1ccccc1C)c1cc(Br)ccc1C(=O)O. The molecule has 0 bridgehead atoms. The minimum Gasteiger partial charge on any atom is -0.478 e. The van der Waals surface area contributed by atoms with E-state index in [2.05, 4.69) is 15.9 Å². The standard InChI is InChI=1S/C16H16BrNO2/c1-3-18(14-7-5-4-6-11(14)2)15-10-12(17)8-9-13(15)16(19)20/h4-10H,3H2,1-2H3,(H,19,20). The molecule has 0 radical (unpaired) electrons. The third kappa shape index (κ3) is 2.85. The van der Waals surface area contributed by atoms with E-state index in [0.29, 0.717) is 17.8 Å². The van der Waals surface area contributed by atoms with Crippen molar-refractivity contribution in [2.45, 2.75) is 13.8 Å². The van der Waals surface area contributed by atoms with Crippen molar-refractivity contribution < 1.29 is 9.90 Å². The summed E-state index contributed by atoms with van der Waals surface area (Å²) in [5.74, 6) is -0.917. The van der Waals surface area contributed by atoms with Gasteiger partial charge in [0.1, 0.15) is 0 Å². The van der Waals surface area contributed by atoms with E-state index in [0.717, 1.165) is 15.7 Å². The number of hydrogen-bond acceptors (Lipinski definition) is 2. The Balaban J connectivity index is 2.60. The molecule has 0 aliphatic heterocycles. The van der Waals surface area contributed by atoms with Gasteiger partial charge in [0.05, 0.1) is 11.3 Å². The molecule has 0 aliphatic carbocycles. The molecule has 0 spiro atoms. The zero-order valence-corrected chi connectivity index (χ0v) is 13.0. The molecule has 0 atom stereocenters. The summed E-state index contributed by atoms with van der Waals surface area (Å²) in [5.41, 5.74) is 3.14. The summed E-state index contributed by atoms with van der Waals surface area (Å²) in [6, 6.07) is 13.2. The molecule has 3 nitrogen and oxygen atoms in total. The predicted octanol–water partition coefficient (Wildman–Crippen LogP) is 4.61. The van der Waals surface area contributed by atoms with Gasteiger partial charge in [0.15, 0.2) is 0 Å². The molecular formula is C16H16BrNO2.